The predicted molar refractivity (Wildman–Crippen MR) is 81.0 cm³/mol. The van der Waals surface area contributed by atoms with Crippen molar-refractivity contribution in [1.82, 2.24) is 10.4 Å². The van der Waals surface area contributed by atoms with E-state index in [1.165, 1.54) is 5.56 Å². The van der Waals surface area contributed by atoms with E-state index in [1.807, 2.05) is 12.1 Å². The van der Waals surface area contributed by atoms with Gasteiger partial charge in [-0.15, -0.1) is 0 Å². The Morgan fingerprint density at radius 2 is 1.90 bits per heavy atom. The van der Waals surface area contributed by atoms with E-state index in [2.05, 4.69) is 48.4 Å². The van der Waals surface area contributed by atoms with E-state index in [-0.39, 0.29) is 11.3 Å². The van der Waals surface area contributed by atoms with Crippen LogP contribution >= 0.6 is 0 Å². The zero-order valence-electron chi connectivity index (χ0n) is 12.0. The topological polar surface area (TPSA) is 57.2 Å². The van der Waals surface area contributed by atoms with Crippen molar-refractivity contribution in [2.24, 2.45) is 5.10 Å². The van der Waals surface area contributed by atoms with Gasteiger partial charge in [0, 0.05) is 6.20 Å². The molecule has 0 unspecified atom stereocenters. The first-order chi connectivity index (χ1) is 9.47. The van der Waals surface area contributed by atoms with E-state index < -0.39 is 0 Å². The van der Waals surface area contributed by atoms with Crippen LogP contribution in [-0.4, -0.2) is 17.1 Å². The number of carbonyl (C=O) groups is 1. The summed E-state index contributed by atoms with van der Waals surface area (Å²) in [6, 6.07) is 11.6. The molecule has 0 aliphatic rings. The number of aromatic amines is 1. The molecule has 1 aromatic heterocycles. The number of nitrogens with zero attached hydrogens (tertiary/aromatic N) is 1. The van der Waals surface area contributed by atoms with Crippen molar-refractivity contribution in [1.29, 1.82) is 0 Å². The van der Waals surface area contributed by atoms with Gasteiger partial charge in [-0.2, -0.15) is 5.10 Å². The Kier molecular flexibility index (Phi) is 4.03. The Morgan fingerprint density at radius 3 is 2.45 bits per heavy atom. The second-order valence-electron chi connectivity index (χ2n) is 5.65. The molecule has 0 saturated heterocycles. The lowest BCUT2D eigenvalue weighted by molar-refractivity contribution is 0.0951. The number of rotatable bonds is 3. The van der Waals surface area contributed by atoms with Crippen LogP contribution < -0.4 is 5.43 Å². The number of hydrazone groups is 1. The van der Waals surface area contributed by atoms with Gasteiger partial charge in [0.15, 0.2) is 0 Å². The van der Waals surface area contributed by atoms with Crippen molar-refractivity contribution in [3.05, 3.63) is 59.4 Å². The second kappa shape index (κ2) is 5.74. The summed E-state index contributed by atoms with van der Waals surface area (Å²) in [5.74, 6) is -0.252. The highest BCUT2D eigenvalue weighted by atomic mass is 16.2. The first kappa shape index (κ1) is 14.1. The second-order valence-corrected chi connectivity index (χ2v) is 5.65. The van der Waals surface area contributed by atoms with Gasteiger partial charge < -0.3 is 4.98 Å². The minimum atomic E-state index is -0.252. The van der Waals surface area contributed by atoms with Gasteiger partial charge in [0.05, 0.1) is 6.21 Å². The van der Waals surface area contributed by atoms with E-state index >= 15 is 0 Å². The first-order valence-corrected chi connectivity index (χ1v) is 6.54. The maximum atomic E-state index is 11.6. The number of benzene rings is 1. The number of hydrogen-bond acceptors (Lipinski definition) is 2. The van der Waals surface area contributed by atoms with Crippen LogP contribution in [0.4, 0.5) is 0 Å². The minimum Gasteiger partial charge on any atom is -0.357 e. The molecule has 0 spiro atoms. The largest absolute Gasteiger partial charge is 0.357 e. The quantitative estimate of drug-likeness (QED) is 0.653. The molecule has 2 aromatic rings. The van der Waals surface area contributed by atoms with Crippen molar-refractivity contribution in [2.45, 2.75) is 26.2 Å². The highest BCUT2D eigenvalue weighted by Gasteiger charge is 2.12. The maximum Gasteiger partial charge on any atom is 0.287 e. The fourth-order valence-corrected chi connectivity index (χ4v) is 1.77. The summed E-state index contributed by atoms with van der Waals surface area (Å²) in [6.45, 7) is 6.52. The molecule has 0 aliphatic carbocycles. The van der Waals surface area contributed by atoms with Crippen molar-refractivity contribution in [2.75, 3.05) is 0 Å². The number of amides is 1. The Morgan fingerprint density at radius 1 is 1.20 bits per heavy atom. The van der Waals surface area contributed by atoms with Gasteiger partial charge in [-0.1, -0.05) is 45.0 Å². The number of carbonyl (C=O) groups excluding carboxylic acids is 1. The van der Waals surface area contributed by atoms with Gasteiger partial charge in [0.2, 0.25) is 0 Å². The van der Waals surface area contributed by atoms with Gasteiger partial charge in [-0.3, -0.25) is 4.79 Å². The average Bonchev–Trinajstić information content (AvgIpc) is 2.92. The summed E-state index contributed by atoms with van der Waals surface area (Å²) in [4.78, 5) is 14.4. The van der Waals surface area contributed by atoms with Crippen molar-refractivity contribution in [3.63, 3.8) is 0 Å². The third-order valence-corrected chi connectivity index (χ3v) is 3.00. The molecule has 20 heavy (non-hydrogen) atoms. The fraction of sp³-hybridized carbons (Fsp3) is 0.250. The van der Waals surface area contributed by atoms with Gasteiger partial charge in [0.1, 0.15) is 5.69 Å². The normalized spacial score (nSPS) is 11.8. The third kappa shape index (κ3) is 3.57. The molecule has 2 N–H and O–H groups in total. The van der Waals surface area contributed by atoms with Gasteiger partial charge in [-0.25, -0.2) is 5.43 Å². The molecule has 0 radical (unpaired) electrons. The van der Waals surface area contributed by atoms with Gasteiger partial charge in [-0.05, 0) is 28.7 Å². The molecule has 1 aromatic carbocycles. The molecule has 1 amide bonds. The molecule has 0 atom stereocenters. The lowest BCUT2D eigenvalue weighted by Crippen LogP contribution is -2.17. The molecular weight excluding hydrogens is 250 g/mol. The molecule has 4 heteroatoms. The zero-order valence-corrected chi connectivity index (χ0v) is 12.0. The minimum absolute atomic E-state index is 0.136. The maximum absolute atomic E-state index is 11.6. The van der Waals surface area contributed by atoms with Gasteiger partial charge >= 0.3 is 0 Å². The monoisotopic (exact) mass is 269 g/mol. The number of H-pyrrole nitrogens is 1. The molecule has 0 fully saturated rings. The summed E-state index contributed by atoms with van der Waals surface area (Å²) >= 11 is 0. The summed E-state index contributed by atoms with van der Waals surface area (Å²) in [7, 11) is 0. The van der Waals surface area contributed by atoms with Crippen molar-refractivity contribution >= 4 is 12.1 Å². The SMILES string of the molecule is CC(C)(C)c1ccc(/C=N\NC(=O)c2ccc[nH]2)cc1. The van der Waals surface area contributed by atoms with Crippen LogP contribution in [0.2, 0.25) is 0 Å². The molecule has 1 heterocycles. The van der Waals surface area contributed by atoms with Crippen LogP contribution in [0.1, 0.15) is 42.4 Å². The summed E-state index contributed by atoms with van der Waals surface area (Å²) < 4.78 is 0. The molecule has 0 bridgehead atoms. The molecule has 104 valence electrons. The summed E-state index contributed by atoms with van der Waals surface area (Å²) in [5, 5.41) is 3.94. The Hall–Kier alpha value is -2.36. The van der Waals surface area contributed by atoms with Crippen LogP contribution in [0.25, 0.3) is 0 Å². The van der Waals surface area contributed by atoms with Crippen LogP contribution in [0.5, 0.6) is 0 Å². The van der Waals surface area contributed by atoms with Crippen LogP contribution in [0, 0.1) is 0 Å². The van der Waals surface area contributed by atoms with Crippen molar-refractivity contribution in [3.8, 4) is 0 Å². The molecule has 4 nitrogen and oxygen atoms in total. The molecule has 2 rings (SSSR count). The lowest BCUT2D eigenvalue weighted by Gasteiger charge is -2.18. The Labute approximate surface area is 118 Å². The first-order valence-electron chi connectivity index (χ1n) is 6.54. The smallest absolute Gasteiger partial charge is 0.287 e. The van der Waals surface area contributed by atoms with E-state index in [0.717, 1.165) is 5.56 Å². The Balaban J connectivity index is 1.97. The fourth-order valence-electron chi connectivity index (χ4n) is 1.77. The van der Waals surface area contributed by atoms with E-state index in [9.17, 15) is 4.79 Å². The highest BCUT2D eigenvalue weighted by Crippen LogP contribution is 2.21. The van der Waals surface area contributed by atoms with Crippen LogP contribution in [0.15, 0.2) is 47.7 Å². The highest BCUT2D eigenvalue weighted by molar-refractivity contribution is 5.93. The lowest BCUT2D eigenvalue weighted by atomic mass is 9.87. The van der Waals surface area contributed by atoms with Crippen LogP contribution in [0.3, 0.4) is 0 Å². The predicted octanol–water partition coefficient (Wildman–Crippen LogP) is 3.08. The third-order valence-electron chi connectivity index (χ3n) is 3.00. The van der Waals surface area contributed by atoms with Crippen LogP contribution in [-0.2, 0) is 5.41 Å². The number of aromatic nitrogens is 1. The number of nitrogens with one attached hydrogen (secondary N) is 2. The summed E-state index contributed by atoms with van der Waals surface area (Å²) in [6.07, 6.45) is 3.33. The molecule has 0 saturated carbocycles. The van der Waals surface area contributed by atoms with E-state index in [4.69, 9.17) is 0 Å². The van der Waals surface area contributed by atoms with E-state index in [1.54, 1.807) is 24.5 Å². The summed E-state index contributed by atoms with van der Waals surface area (Å²) in [5.41, 5.74) is 5.32. The average molecular weight is 269 g/mol. The molecular formula is C16H19N3O. The van der Waals surface area contributed by atoms with Crippen molar-refractivity contribution < 1.29 is 4.79 Å². The van der Waals surface area contributed by atoms with E-state index in [0.29, 0.717) is 5.69 Å². The Bertz CT molecular complexity index is 590. The van der Waals surface area contributed by atoms with Gasteiger partial charge in [0.25, 0.3) is 5.91 Å². The molecule has 0 aliphatic heterocycles. The standard InChI is InChI=1S/C16H19N3O/c1-16(2,3)13-8-6-12(7-9-13)11-18-19-15(20)14-5-4-10-17-14/h4-11,17H,1-3H3,(H,19,20)/b18-11-. The number of hydrogen-bond donors (Lipinski definition) is 2. The zero-order chi connectivity index (χ0) is 14.6.